The first-order chi connectivity index (χ1) is 24.6. The maximum atomic E-state index is 13.7. The Hall–Kier alpha value is -4.44. The van der Waals surface area contributed by atoms with E-state index in [1.54, 1.807) is 19.2 Å². The quantitative estimate of drug-likeness (QED) is 0.101. The zero-order valence-corrected chi connectivity index (χ0v) is 29.1. The van der Waals surface area contributed by atoms with Gasteiger partial charge >= 0.3 is 5.97 Å². The lowest BCUT2D eigenvalue weighted by Gasteiger charge is -2.45. The molecule has 1 saturated heterocycles. The first-order valence-corrected chi connectivity index (χ1v) is 17.6. The van der Waals surface area contributed by atoms with Crippen molar-refractivity contribution in [2.24, 2.45) is 0 Å². The molecule has 6 rings (SSSR count). The molecule has 258 valence electrons. The van der Waals surface area contributed by atoms with E-state index in [4.69, 9.17) is 28.4 Å². The van der Waals surface area contributed by atoms with Crippen molar-refractivity contribution in [2.75, 3.05) is 13.7 Å². The Balaban J connectivity index is 1.35. The van der Waals surface area contributed by atoms with E-state index in [0.717, 1.165) is 32.9 Å². The van der Waals surface area contributed by atoms with E-state index in [2.05, 4.69) is 12.1 Å². The van der Waals surface area contributed by atoms with Gasteiger partial charge < -0.3 is 28.4 Å². The normalized spacial score (nSPS) is 20.2. The number of esters is 1. The minimum Gasteiger partial charge on any atom is -0.497 e. The van der Waals surface area contributed by atoms with Gasteiger partial charge in [-0.2, -0.15) is 0 Å². The highest BCUT2D eigenvalue weighted by atomic mass is 32.2. The number of aryl methyl sites for hydroxylation is 1. The summed E-state index contributed by atoms with van der Waals surface area (Å²) in [5, 5.41) is 0. The monoisotopic (exact) mass is 690 g/mol. The Morgan fingerprint density at radius 3 is 1.82 bits per heavy atom. The van der Waals surface area contributed by atoms with Crippen LogP contribution in [0.5, 0.6) is 5.75 Å². The summed E-state index contributed by atoms with van der Waals surface area (Å²) < 4.78 is 38.4. The third kappa shape index (κ3) is 9.84. The molecule has 0 bridgehead atoms. The minimum absolute atomic E-state index is 0.237. The molecule has 5 aromatic rings. The molecule has 0 saturated carbocycles. The molecule has 1 fully saturated rings. The molecule has 0 aliphatic carbocycles. The molecule has 0 spiro atoms. The van der Waals surface area contributed by atoms with Crippen LogP contribution < -0.4 is 4.74 Å². The Kier molecular flexibility index (Phi) is 12.7. The zero-order valence-electron chi connectivity index (χ0n) is 28.3. The van der Waals surface area contributed by atoms with Gasteiger partial charge in [0.2, 0.25) is 0 Å². The maximum Gasteiger partial charge on any atom is 0.338 e. The average Bonchev–Trinajstić information content (AvgIpc) is 3.16. The highest BCUT2D eigenvalue weighted by Gasteiger charge is 2.50. The largest absolute Gasteiger partial charge is 0.497 e. The second-order valence-electron chi connectivity index (χ2n) is 12.1. The number of ether oxygens (including phenoxy) is 6. The molecule has 5 aromatic carbocycles. The van der Waals surface area contributed by atoms with Gasteiger partial charge in [0.05, 0.1) is 39.1 Å². The zero-order chi connectivity index (χ0) is 34.5. The molecule has 0 unspecified atom stereocenters. The molecule has 1 aliphatic heterocycles. The summed E-state index contributed by atoms with van der Waals surface area (Å²) in [6.45, 7) is 3.25. The number of hydrogen-bond donors (Lipinski definition) is 0. The van der Waals surface area contributed by atoms with Crippen LogP contribution in [0.15, 0.2) is 144 Å². The van der Waals surface area contributed by atoms with E-state index < -0.39 is 35.8 Å². The van der Waals surface area contributed by atoms with Crippen molar-refractivity contribution in [2.45, 2.75) is 61.5 Å². The van der Waals surface area contributed by atoms with Crippen LogP contribution in [0.1, 0.15) is 32.6 Å². The highest BCUT2D eigenvalue weighted by molar-refractivity contribution is 7.99. The molecule has 0 aromatic heterocycles. The van der Waals surface area contributed by atoms with Crippen LogP contribution in [-0.2, 0) is 43.5 Å². The van der Waals surface area contributed by atoms with E-state index in [9.17, 15) is 4.79 Å². The molecule has 0 amide bonds. The third-order valence-corrected chi connectivity index (χ3v) is 9.55. The van der Waals surface area contributed by atoms with Crippen LogP contribution in [-0.4, -0.2) is 49.5 Å². The van der Waals surface area contributed by atoms with Crippen LogP contribution in [0.3, 0.4) is 0 Å². The van der Waals surface area contributed by atoms with Gasteiger partial charge in [-0.15, -0.1) is 0 Å². The molecule has 0 N–H and O–H groups in total. The van der Waals surface area contributed by atoms with Crippen molar-refractivity contribution in [3.8, 4) is 5.75 Å². The second-order valence-corrected chi connectivity index (χ2v) is 13.3. The highest BCUT2D eigenvalue weighted by Crippen LogP contribution is 2.38. The Morgan fingerprint density at radius 2 is 1.20 bits per heavy atom. The molecule has 0 radical (unpaired) electrons. The number of methoxy groups -OCH3 is 1. The van der Waals surface area contributed by atoms with E-state index >= 15 is 0 Å². The maximum absolute atomic E-state index is 13.7. The fourth-order valence-corrected chi connectivity index (χ4v) is 6.79. The Bertz CT molecular complexity index is 1730. The van der Waals surface area contributed by atoms with E-state index in [1.165, 1.54) is 11.8 Å². The van der Waals surface area contributed by atoms with E-state index in [-0.39, 0.29) is 13.2 Å². The summed E-state index contributed by atoms with van der Waals surface area (Å²) in [7, 11) is 1.64. The van der Waals surface area contributed by atoms with Crippen LogP contribution in [0.2, 0.25) is 0 Å². The number of carbonyl (C=O) groups is 1. The summed E-state index contributed by atoms with van der Waals surface area (Å²) in [6.07, 6.45) is -2.74. The van der Waals surface area contributed by atoms with Crippen LogP contribution >= 0.6 is 11.8 Å². The van der Waals surface area contributed by atoms with Crippen LogP contribution in [0.25, 0.3) is 0 Å². The summed E-state index contributed by atoms with van der Waals surface area (Å²) in [4.78, 5) is 14.7. The number of hydrogen-bond acceptors (Lipinski definition) is 8. The third-order valence-electron chi connectivity index (χ3n) is 8.40. The van der Waals surface area contributed by atoms with E-state index in [0.29, 0.717) is 18.8 Å². The second kappa shape index (κ2) is 18.0. The van der Waals surface area contributed by atoms with Crippen molar-refractivity contribution < 1.29 is 33.2 Å². The number of carbonyl (C=O) groups excluding carboxylic acids is 1. The standard InChI is InChI=1S/C42H42O7S/c1-30-18-24-36(25-19-30)50-42-40(49-41(43)34-16-10-5-11-17-34)39(47-28-33-20-22-35(44-2)23-21-33)38(46-27-32-14-8-4-9-15-32)37(48-42)29-45-26-31-12-6-3-7-13-31/h3-25,37-40,42H,26-29H2,1-2H3/t37-,38+,39+,40-,42+/m1/s1. The van der Waals surface area contributed by atoms with Gasteiger partial charge in [0, 0.05) is 4.90 Å². The molecular weight excluding hydrogens is 649 g/mol. The number of rotatable bonds is 15. The molecule has 7 nitrogen and oxygen atoms in total. The summed E-state index contributed by atoms with van der Waals surface area (Å²) in [5.41, 5.74) is 3.95. The lowest BCUT2D eigenvalue weighted by atomic mass is 9.98. The van der Waals surface area contributed by atoms with Crippen molar-refractivity contribution in [1.29, 1.82) is 0 Å². The first kappa shape index (κ1) is 35.4. The predicted octanol–water partition coefficient (Wildman–Crippen LogP) is 8.43. The fraction of sp³-hybridized carbons (Fsp3) is 0.262. The molecular formula is C42H42O7S. The number of benzene rings is 5. The lowest BCUT2D eigenvalue weighted by Crippen LogP contribution is -2.60. The van der Waals surface area contributed by atoms with Crippen molar-refractivity contribution >= 4 is 17.7 Å². The first-order valence-electron chi connectivity index (χ1n) is 16.7. The lowest BCUT2D eigenvalue weighted by molar-refractivity contribution is -0.242. The Morgan fingerprint density at radius 1 is 0.640 bits per heavy atom. The fourth-order valence-electron chi connectivity index (χ4n) is 5.69. The van der Waals surface area contributed by atoms with Crippen molar-refractivity contribution in [3.05, 3.63) is 167 Å². The molecule has 8 heteroatoms. The van der Waals surface area contributed by atoms with Gasteiger partial charge in [-0.1, -0.05) is 120 Å². The minimum atomic E-state index is -0.835. The summed E-state index contributed by atoms with van der Waals surface area (Å²) in [6, 6.07) is 44.9. The molecule has 50 heavy (non-hydrogen) atoms. The molecule has 1 aliphatic rings. The van der Waals surface area contributed by atoms with Crippen molar-refractivity contribution in [3.63, 3.8) is 0 Å². The van der Waals surface area contributed by atoms with Crippen molar-refractivity contribution in [1.82, 2.24) is 0 Å². The average molecular weight is 691 g/mol. The van der Waals surface area contributed by atoms with Gasteiger partial charge in [0.25, 0.3) is 0 Å². The molecule has 5 atom stereocenters. The van der Waals surface area contributed by atoms with Gasteiger partial charge in [0.15, 0.2) is 6.10 Å². The van der Waals surface area contributed by atoms with E-state index in [1.807, 2.05) is 122 Å². The predicted molar refractivity (Wildman–Crippen MR) is 194 cm³/mol. The summed E-state index contributed by atoms with van der Waals surface area (Å²) >= 11 is 1.49. The van der Waals surface area contributed by atoms with Crippen LogP contribution in [0.4, 0.5) is 0 Å². The Labute approximate surface area is 298 Å². The summed E-state index contributed by atoms with van der Waals surface area (Å²) in [5.74, 6) is 0.288. The smallest absolute Gasteiger partial charge is 0.338 e. The van der Waals surface area contributed by atoms with Gasteiger partial charge in [-0.05, 0) is 60.0 Å². The number of thioether (sulfide) groups is 1. The topological polar surface area (TPSA) is 72.5 Å². The van der Waals surface area contributed by atoms with Gasteiger partial charge in [-0.25, -0.2) is 4.79 Å². The van der Waals surface area contributed by atoms with Crippen LogP contribution in [0, 0.1) is 6.92 Å². The van der Waals surface area contributed by atoms with Gasteiger partial charge in [-0.3, -0.25) is 0 Å². The van der Waals surface area contributed by atoms with Gasteiger partial charge in [0.1, 0.15) is 29.5 Å². The SMILES string of the molecule is COc1ccc(CO[C@H]2[C@@H](OCc3ccccc3)[C@@H](COCc3ccccc3)O[C@@H](Sc3ccc(C)cc3)[C@@H]2OC(=O)c2ccccc2)cc1. The molecule has 1 heterocycles.